The third-order valence-corrected chi connectivity index (χ3v) is 3.36. The summed E-state index contributed by atoms with van der Waals surface area (Å²) in [6.07, 6.45) is 1.24. The van der Waals surface area contributed by atoms with Crippen molar-refractivity contribution in [2.45, 2.75) is 33.7 Å². The molecule has 0 spiro atoms. The molecule has 114 valence electrons. The molecular weight excluding hydrogens is 248 g/mol. The van der Waals surface area contributed by atoms with E-state index in [1.807, 2.05) is 6.07 Å². The molecule has 1 N–H and O–H groups in total. The van der Waals surface area contributed by atoms with Crippen LogP contribution in [0.25, 0.3) is 0 Å². The molecule has 0 atom stereocenters. The second-order valence-electron chi connectivity index (χ2n) is 5.72. The van der Waals surface area contributed by atoms with Crippen LogP contribution in [-0.2, 0) is 6.54 Å². The summed E-state index contributed by atoms with van der Waals surface area (Å²) in [5.74, 6) is 1.77. The Morgan fingerprint density at radius 1 is 1.20 bits per heavy atom. The van der Waals surface area contributed by atoms with Gasteiger partial charge in [0.15, 0.2) is 0 Å². The molecule has 0 saturated heterocycles. The summed E-state index contributed by atoms with van der Waals surface area (Å²) in [5.41, 5.74) is 1.24. The highest BCUT2D eigenvalue weighted by atomic mass is 16.5. The van der Waals surface area contributed by atoms with Gasteiger partial charge in [-0.25, -0.2) is 0 Å². The Hall–Kier alpha value is -1.06. The van der Waals surface area contributed by atoms with Crippen LogP contribution in [0.2, 0.25) is 0 Å². The summed E-state index contributed by atoms with van der Waals surface area (Å²) < 4.78 is 5.93. The molecule has 0 aliphatic rings. The molecule has 0 amide bonds. The van der Waals surface area contributed by atoms with Crippen molar-refractivity contribution in [3.05, 3.63) is 29.8 Å². The standard InChI is InChI=1S/C17H30N2O/c1-5-18-14-16-8-6-7-9-17(16)20-13-12-19(4)11-10-15(2)3/h6-9,15,18H,5,10-14H2,1-4H3. The quantitative estimate of drug-likeness (QED) is 0.711. The van der Waals surface area contributed by atoms with Gasteiger partial charge in [-0.1, -0.05) is 39.0 Å². The van der Waals surface area contributed by atoms with Gasteiger partial charge in [-0.05, 0) is 38.5 Å². The molecule has 0 aliphatic carbocycles. The van der Waals surface area contributed by atoms with E-state index in [4.69, 9.17) is 4.74 Å². The van der Waals surface area contributed by atoms with E-state index in [-0.39, 0.29) is 0 Å². The van der Waals surface area contributed by atoms with Crippen molar-refractivity contribution in [1.29, 1.82) is 0 Å². The van der Waals surface area contributed by atoms with E-state index in [0.717, 1.165) is 44.5 Å². The molecule has 0 bridgehead atoms. The first-order valence-electron chi connectivity index (χ1n) is 7.73. The molecule has 3 nitrogen and oxygen atoms in total. The molecular formula is C17H30N2O. The van der Waals surface area contributed by atoms with Crippen LogP contribution in [0.4, 0.5) is 0 Å². The number of benzene rings is 1. The minimum atomic E-state index is 0.748. The molecule has 20 heavy (non-hydrogen) atoms. The van der Waals surface area contributed by atoms with Gasteiger partial charge in [0, 0.05) is 18.7 Å². The molecule has 0 unspecified atom stereocenters. The number of hydrogen-bond donors (Lipinski definition) is 1. The van der Waals surface area contributed by atoms with E-state index in [1.54, 1.807) is 0 Å². The largest absolute Gasteiger partial charge is 0.492 e. The fourth-order valence-electron chi connectivity index (χ4n) is 1.95. The van der Waals surface area contributed by atoms with Gasteiger partial charge in [0.2, 0.25) is 0 Å². The first-order chi connectivity index (χ1) is 9.63. The van der Waals surface area contributed by atoms with Gasteiger partial charge in [0.05, 0.1) is 0 Å². The zero-order valence-electron chi connectivity index (χ0n) is 13.5. The maximum atomic E-state index is 5.93. The first-order valence-corrected chi connectivity index (χ1v) is 7.73. The summed E-state index contributed by atoms with van der Waals surface area (Å²) in [5, 5.41) is 3.35. The van der Waals surface area contributed by atoms with E-state index in [1.165, 1.54) is 12.0 Å². The molecule has 1 aromatic rings. The number of likely N-dealkylation sites (N-methyl/N-ethyl adjacent to an activating group) is 1. The SMILES string of the molecule is CCNCc1ccccc1OCCN(C)CCC(C)C. The Morgan fingerprint density at radius 2 is 1.95 bits per heavy atom. The zero-order valence-corrected chi connectivity index (χ0v) is 13.5. The second kappa shape index (κ2) is 9.78. The molecule has 0 aromatic heterocycles. The Bertz CT molecular complexity index is 366. The summed E-state index contributed by atoms with van der Waals surface area (Å²) in [7, 11) is 2.16. The maximum Gasteiger partial charge on any atom is 0.123 e. The second-order valence-corrected chi connectivity index (χ2v) is 5.72. The topological polar surface area (TPSA) is 24.5 Å². The van der Waals surface area contributed by atoms with Crippen LogP contribution in [0.1, 0.15) is 32.8 Å². The Labute approximate surface area is 124 Å². The molecule has 0 saturated carbocycles. The van der Waals surface area contributed by atoms with Crippen molar-refractivity contribution in [2.24, 2.45) is 5.92 Å². The van der Waals surface area contributed by atoms with Crippen molar-refractivity contribution < 1.29 is 4.74 Å². The summed E-state index contributed by atoms with van der Waals surface area (Å²) in [6.45, 7) is 11.4. The van der Waals surface area contributed by atoms with Gasteiger partial charge in [0.25, 0.3) is 0 Å². The van der Waals surface area contributed by atoms with Crippen LogP contribution in [0.15, 0.2) is 24.3 Å². The average molecular weight is 278 g/mol. The number of hydrogen-bond acceptors (Lipinski definition) is 3. The fraction of sp³-hybridized carbons (Fsp3) is 0.647. The number of ether oxygens (including phenoxy) is 1. The predicted octanol–water partition coefficient (Wildman–Crippen LogP) is 3.15. The minimum absolute atomic E-state index is 0.748. The molecule has 0 aliphatic heterocycles. The summed E-state index contributed by atoms with van der Waals surface area (Å²) in [4.78, 5) is 2.34. The lowest BCUT2D eigenvalue weighted by Gasteiger charge is -2.19. The van der Waals surface area contributed by atoms with Crippen molar-refractivity contribution in [1.82, 2.24) is 10.2 Å². The predicted molar refractivity (Wildman–Crippen MR) is 86.3 cm³/mol. The van der Waals surface area contributed by atoms with Gasteiger partial charge in [0.1, 0.15) is 12.4 Å². The Kier molecular flexibility index (Phi) is 8.31. The Morgan fingerprint density at radius 3 is 2.65 bits per heavy atom. The van der Waals surface area contributed by atoms with E-state index < -0.39 is 0 Å². The third-order valence-electron chi connectivity index (χ3n) is 3.36. The molecule has 0 heterocycles. The molecule has 1 aromatic carbocycles. The molecule has 3 heteroatoms. The molecule has 0 fully saturated rings. The van der Waals surface area contributed by atoms with E-state index >= 15 is 0 Å². The van der Waals surface area contributed by atoms with Crippen molar-refractivity contribution in [3.63, 3.8) is 0 Å². The highest BCUT2D eigenvalue weighted by Crippen LogP contribution is 2.17. The third kappa shape index (κ3) is 6.92. The number of para-hydroxylation sites is 1. The Balaban J connectivity index is 2.34. The number of nitrogens with zero attached hydrogens (tertiary/aromatic N) is 1. The maximum absolute atomic E-state index is 5.93. The van der Waals surface area contributed by atoms with Crippen LogP contribution >= 0.6 is 0 Å². The van der Waals surface area contributed by atoms with Gasteiger partial charge < -0.3 is 15.0 Å². The van der Waals surface area contributed by atoms with E-state index in [0.29, 0.717) is 0 Å². The van der Waals surface area contributed by atoms with Crippen LogP contribution in [-0.4, -0.2) is 38.2 Å². The average Bonchev–Trinajstić information content (AvgIpc) is 2.44. The highest BCUT2D eigenvalue weighted by molar-refractivity contribution is 5.33. The van der Waals surface area contributed by atoms with Crippen molar-refractivity contribution in [2.75, 3.05) is 33.3 Å². The summed E-state index contributed by atoms with van der Waals surface area (Å²) in [6, 6.07) is 8.28. The lowest BCUT2D eigenvalue weighted by atomic mass is 10.1. The number of rotatable bonds is 10. The van der Waals surface area contributed by atoms with Crippen LogP contribution in [0.5, 0.6) is 5.75 Å². The lowest BCUT2D eigenvalue weighted by molar-refractivity contribution is 0.228. The lowest BCUT2D eigenvalue weighted by Crippen LogP contribution is -2.26. The minimum Gasteiger partial charge on any atom is -0.492 e. The van der Waals surface area contributed by atoms with Crippen molar-refractivity contribution in [3.8, 4) is 5.75 Å². The van der Waals surface area contributed by atoms with Gasteiger partial charge >= 0.3 is 0 Å². The van der Waals surface area contributed by atoms with Crippen molar-refractivity contribution >= 4 is 0 Å². The first kappa shape index (κ1) is 17.0. The molecule has 0 radical (unpaired) electrons. The fourth-order valence-corrected chi connectivity index (χ4v) is 1.95. The number of nitrogens with one attached hydrogen (secondary N) is 1. The van der Waals surface area contributed by atoms with Crippen LogP contribution in [0.3, 0.4) is 0 Å². The smallest absolute Gasteiger partial charge is 0.123 e. The van der Waals surface area contributed by atoms with Gasteiger partial charge in [-0.2, -0.15) is 0 Å². The van der Waals surface area contributed by atoms with E-state index in [9.17, 15) is 0 Å². The zero-order chi connectivity index (χ0) is 14.8. The molecule has 1 rings (SSSR count). The van der Waals surface area contributed by atoms with E-state index in [2.05, 4.69) is 56.2 Å². The monoisotopic (exact) mass is 278 g/mol. The van der Waals surface area contributed by atoms with Crippen LogP contribution < -0.4 is 10.1 Å². The highest BCUT2D eigenvalue weighted by Gasteiger charge is 2.04. The van der Waals surface area contributed by atoms with Gasteiger partial charge in [-0.15, -0.1) is 0 Å². The normalized spacial score (nSPS) is 11.3. The van der Waals surface area contributed by atoms with Crippen LogP contribution in [0, 0.1) is 5.92 Å². The summed E-state index contributed by atoms with van der Waals surface area (Å²) >= 11 is 0. The van der Waals surface area contributed by atoms with Gasteiger partial charge in [-0.3, -0.25) is 0 Å².